The van der Waals surface area contributed by atoms with Gasteiger partial charge in [-0.3, -0.25) is 4.79 Å². The normalized spacial score (nSPS) is 12.3. The van der Waals surface area contributed by atoms with Gasteiger partial charge in [0.15, 0.2) is 6.10 Å². The molecule has 0 aromatic heterocycles. The van der Waals surface area contributed by atoms with Gasteiger partial charge in [-0.15, -0.1) is 0 Å². The van der Waals surface area contributed by atoms with Gasteiger partial charge in [-0.25, -0.2) is 8.42 Å². The first kappa shape index (κ1) is 26.2. The van der Waals surface area contributed by atoms with E-state index in [-0.39, 0.29) is 16.6 Å². The van der Waals surface area contributed by atoms with Crippen LogP contribution in [0.5, 0.6) is 11.5 Å². The Bertz CT molecular complexity index is 1110. The molecular weight excluding hydrogens is 442 g/mol. The van der Waals surface area contributed by atoms with E-state index in [9.17, 15) is 18.5 Å². The van der Waals surface area contributed by atoms with Crippen LogP contribution in [-0.4, -0.2) is 44.4 Å². The average molecular weight is 474 g/mol. The van der Waals surface area contributed by atoms with Crippen LogP contribution < -0.4 is 14.8 Å². The number of sulfonamides is 1. The van der Waals surface area contributed by atoms with Crippen molar-refractivity contribution in [2.75, 3.05) is 25.0 Å². The third-order valence-corrected chi connectivity index (χ3v) is 7.03. The molecule has 0 aliphatic heterocycles. The number of anilines is 1. The predicted octanol–water partition coefficient (Wildman–Crippen LogP) is 4.03. The first-order valence-electron chi connectivity index (χ1n) is 10.9. The highest BCUT2D eigenvalue weighted by molar-refractivity contribution is 7.89. The molecule has 0 aliphatic carbocycles. The van der Waals surface area contributed by atoms with Gasteiger partial charge in [0.05, 0.1) is 12.2 Å². The Hall–Kier alpha value is -3.09. The molecule has 178 valence electrons. The van der Waals surface area contributed by atoms with Crippen LogP contribution in [0.15, 0.2) is 47.4 Å². The van der Waals surface area contributed by atoms with Crippen LogP contribution in [0.2, 0.25) is 0 Å². The zero-order valence-corrected chi connectivity index (χ0v) is 20.5. The number of carbonyl (C=O) groups is 1. The van der Waals surface area contributed by atoms with Crippen molar-refractivity contribution >= 4 is 21.6 Å². The molecule has 1 N–H and O–H groups in total. The number of carbonyl (C=O) groups excluding carboxylic acids is 1. The van der Waals surface area contributed by atoms with E-state index in [1.54, 1.807) is 51.1 Å². The van der Waals surface area contributed by atoms with Gasteiger partial charge in [-0.1, -0.05) is 39.8 Å². The first-order chi connectivity index (χ1) is 15.7. The third kappa shape index (κ3) is 6.24. The summed E-state index contributed by atoms with van der Waals surface area (Å²) in [6.07, 6.45) is -0.895. The Labute approximate surface area is 196 Å². The molecule has 2 aromatic rings. The number of rotatable bonds is 11. The first-order valence-corrected chi connectivity index (χ1v) is 12.4. The Morgan fingerprint density at radius 1 is 1.09 bits per heavy atom. The van der Waals surface area contributed by atoms with Gasteiger partial charge in [-0.2, -0.15) is 9.57 Å². The molecule has 0 saturated carbocycles. The minimum atomic E-state index is -3.82. The Morgan fingerprint density at radius 3 is 2.33 bits per heavy atom. The van der Waals surface area contributed by atoms with Crippen LogP contribution in [0, 0.1) is 17.2 Å². The largest absolute Gasteiger partial charge is 0.492 e. The summed E-state index contributed by atoms with van der Waals surface area (Å²) in [6.45, 7) is 9.86. The zero-order chi connectivity index (χ0) is 24.6. The highest BCUT2D eigenvalue weighted by atomic mass is 32.2. The summed E-state index contributed by atoms with van der Waals surface area (Å²) in [5.41, 5.74) is 0.627. The number of benzene rings is 2. The zero-order valence-electron chi connectivity index (χ0n) is 19.7. The molecule has 2 aromatic carbocycles. The summed E-state index contributed by atoms with van der Waals surface area (Å²) in [7, 11) is -3.82. The van der Waals surface area contributed by atoms with Gasteiger partial charge in [0, 0.05) is 18.8 Å². The van der Waals surface area contributed by atoms with E-state index < -0.39 is 22.0 Å². The van der Waals surface area contributed by atoms with Gasteiger partial charge in [-0.05, 0) is 43.2 Å². The van der Waals surface area contributed by atoms with Crippen molar-refractivity contribution in [1.82, 2.24) is 4.31 Å². The van der Waals surface area contributed by atoms with Gasteiger partial charge in [0.2, 0.25) is 10.0 Å². The van der Waals surface area contributed by atoms with Crippen molar-refractivity contribution in [3.63, 3.8) is 0 Å². The SMILES string of the molecule is CCOc1ccc(NC(=O)C(Oc2ccccc2C#N)C(C)C)cc1S(=O)(=O)N(CC)CC. The predicted molar refractivity (Wildman–Crippen MR) is 127 cm³/mol. The van der Waals surface area contributed by atoms with Crippen molar-refractivity contribution in [3.8, 4) is 17.6 Å². The van der Waals surface area contributed by atoms with Crippen LogP contribution >= 0.6 is 0 Å². The summed E-state index contributed by atoms with van der Waals surface area (Å²) in [5.74, 6) is -0.126. The van der Waals surface area contributed by atoms with Crippen LogP contribution in [0.4, 0.5) is 5.69 Å². The molecule has 0 saturated heterocycles. The lowest BCUT2D eigenvalue weighted by atomic mass is 10.1. The molecule has 0 bridgehead atoms. The topological polar surface area (TPSA) is 109 Å². The molecular formula is C24H31N3O5S. The van der Waals surface area contributed by atoms with Crippen molar-refractivity contribution in [3.05, 3.63) is 48.0 Å². The van der Waals surface area contributed by atoms with Crippen molar-refractivity contribution in [1.29, 1.82) is 5.26 Å². The highest BCUT2D eigenvalue weighted by Gasteiger charge is 2.28. The van der Waals surface area contributed by atoms with Crippen molar-refractivity contribution in [2.24, 2.45) is 5.92 Å². The molecule has 0 fully saturated rings. The number of ether oxygens (including phenoxy) is 2. The van der Waals surface area contributed by atoms with E-state index in [0.717, 1.165) is 0 Å². The summed E-state index contributed by atoms with van der Waals surface area (Å²) in [6, 6.07) is 13.3. The molecule has 1 unspecified atom stereocenters. The third-order valence-electron chi connectivity index (χ3n) is 4.96. The molecule has 1 amide bonds. The lowest BCUT2D eigenvalue weighted by Gasteiger charge is -2.23. The quantitative estimate of drug-likeness (QED) is 0.528. The van der Waals surface area contributed by atoms with Crippen LogP contribution in [-0.2, 0) is 14.8 Å². The maximum Gasteiger partial charge on any atom is 0.265 e. The van der Waals surface area contributed by atoms with E-state index in [4.69, 9.17) is 9.47 Å². The van der Waals surface area contributed by atoms with E-state index in [0.29, 0.717) is 36.7 Å². The number of para-hydroxylation sites is 1. The fraction of sp³-hybridized carbons (Fsp3) is 0.417. The minimum Gasteiger partial charge on any atom is -0.492 e. The summed E-state index contributed by atoms with van der Waals surface area (Å²) in [5, 5.41) is 12.1. The number of amides is 1. The molecule has 9 heteroatoms. The lowest BCUT2D eigenvalue weighted by Crippen LogP contribution is -2.37. The maximum atomic E-state index is 13.2. The lowest BCUT2D eigenvalue weighted by molar-refractivity contribution is -0.124. The number of hydrogen-bond donors (Lipinski definition) is 1. The Balaban J connectivity index is 2.38. The van der Waals surface area contributed by atoms with E-state index >= 15 is 0 Å². The molecule has 33 heavy (non-hydrogen) atoms. The standard InChI is InChI=1S/C24H31N3O5S/c1-6-27(7-2)33(29,30)22-15-19(13-14-21(22)31-8-3)26-24(28)23(17(4)5)32-20-12-10-9-11-18(20)16-25/h9-15,17,23H,6-8H2,1-5H3,(H,26,28). The van der Waals surface area contributed by atoms with Gasteiger partial charge >= 0.3 is 0 Å². The molecule has 0 heterocycles. The fourth-order valence-electron chi connectivity index (χ4n) is 3.27. The summed E-state index contributed by atoms with van der Waals surface area (Å²) < 4.78 is 39.1. The Kier molecular flexibility index (Phi) is 9.26. The second-order valence-corrected chi connectivity index (χ2v) is 9.47. The number of hydrogen-bond acceptors (Lipinski definition) is 6. The van der Waals surface area contributed by atoms with E-state index in [1.165, 1.54) is 16.4 Å². The van der Waals surface area contributed by atoms with Crippen LogP contribution in [0.25, 0.3) is 0 Å². The summed E-state index contributed by atoms with van der Waals surface area (Å²) >= 11 is 0. The van der Waals surface area contributed by atoms with Crippen LogP contribution in [0.3, 0.4) is 0 Å². The highest BCUT2D eigenvalue weighted by Crippen LogP contribution is 2.30. The summed E-state index contributed by atoms with van der Waals surface area (Å²) in [4.78, 5) is 13.1. The molecule has 0 aliphatic rings. The van der Waals surface area contributed by atoms with Crippen molar-refractivity contribution < 1.29 is 22.7 Å². The minimum absolute atomic E-state index is 0.0114. The number of nitrogens with one attached hydrogen (secondary N) is 1. The molecule has 1 atom stereocenters. The molecule has 0 spiro atoms. The van der Waals surface area contributed by atoms with Gasteiger partial charge in [0.25, 0.3) is 5.91 Å². The van der Waals surface area contributed by atoms with Gasteiger partial charge < -0.3 is 14.8 Å². The van der Waals surface area contributed by atoms with Crippen LogP contribution in [0.1, 0.15) is 40.2 Å². The van der Waals surface area contributed by atoms with Gasteiger partial charge in [0.1, 0.15) is 22.5 Å². The Morgan fingerprint density at radius 2 is 1.76 bits per heavy atom. The molecule has 0 radical (unpaired) electrons. The average Bonchev–Trinajstić information content (AvgIpc) is 2.79. The second-order valence-electron chi connectivity index (χ2n) is 7.56. The smallest absolute Gasteiger partial charge is 0.265 e. The van der Waals surface area contributed by atoms with Crippen molar-refractivity contribution in [2.45, 2.75) is 45.6 Å². The monoisotopic (exact) mass is 473 g/mol. The number of nitriles is 1. The van der Waals surface area contributed by atoms with E-state index in [2.05, 4.69) is 11.4 Å². The maximum absolute atomic E-state index is 13.2. The molecule has 8 nitrogen and oxygen atoms in total. The van der Waals surface area contributed by atoms with E-state index in [1.807, 2.05) is 13.8 Å². The second kappa shape index (κ2) is 11.7. The number of nitrogens with zero attached hydrogens (tertiary/aromatic N) is 2. The molecule has 2 rings (SSSR count). The fourth-order valence-corrected chi connectivity index (χ4v) is 4.88.